The maximum absolute atomic E-state index is 12.2. The first-order valence-electron chi connectivity index (χ1n) is 13.5. The Labute approximate surface area is 203 Å². The van der Waals surface area contributed by atoms with Crippen LogP contribution >= 0.6 is 0 Å². The van der Waals surface area contributed by atoms with E-state index in [9.17, 15) is 24.9 Å². The molecule has 0 aliphatic heterocycles. The second kappa shape index (κ2) is 9.36. The van der Waals surface area contributed by atoms with E-state index < -0.39 is 24.2 Å². The lowest BCUT2D eigenvalue weighted by Crippen LogP contribution is -2.64. The fourth-order valence-electron chi connectivity index (χ4n) is 9.15. The van der Waals surface area contributed by atoms with Gasteiger partial charge in [0.05, 0.1) is 18.3 Å². The third-order valence-electron chi connectivity index (χ3n) is 11.1. The molecule has 0 radical (unpaired) electrons. The molecule has 0 bridgehead atoms. The molecule has 4 rings (SSSR count). The van der Waals surface area contributed by atoms with Crippen molar-refractivity contribution in [2.24, 2.45) is 46.3 Å². The van der Waals surface area contributed by atoms with E-state index in [2.05, 4.69) is 26.1 Å². The predicted molar refractivity (Wildman–Crippen MR) is 128 cm³/mol. The molecule has 5 N–H and O–H groups in total. The van der Waals surface area contributed by atoms with Gasteiger partial charge in [-0.3, -0.25) is 9.59 Å². The van der Waals surface area contributed by atoms with Gasteiger partial charge in [-0.05, 0) is 105 Å². The zero-order valence-electron chi connectivity index (χ0n) is 21.2. The fraction of sp³-hybridized carbons (Fsp3) is 0.926. The second-order valence-corrected chi connectivity index (χ2v) is 12.7. The largest absolute Gasteiger partial charge is 0.480 e. The van der Waals surface area contributed by atoms with Gasteiger partial charge in [-0.1, -0.05) is 20.8 Å². The first-order chi connectivity index (χ1) is 15.9. The van der Waals surface area contributed by atoms with Crippen LogP contribution in [0.25, 0.3) is 0 Å². The summed E-state index contributed by atoms with van der Waals surface area (Å²) in [6.07, 6.45) is 5.69. The Morgan fingerprint density at radius 3 is 2.24 bits per heavy atom. The summed E-state index contributed by atoms with van der Waals surface area (Å²) in [5, 5.41) is 44.4. The molecule has 4 saturated carbocycles. The van der Waals surface area contributed by atoms with Crippen molar-refractivity contribution in [2.75, 3.05) is 0 Å². The number of nitrogens with one attached hydrogen (secondary N) is 1. The summed E-state index contributed by atoms with van der Waals surface area (Å²) in [5.41, 5.74) is 0.0377. The Hall–Kier alpha value is -1.18. The SMILES string of the molecule is C[C@H](NC(=O)CC[C@@H](C)[C@H]1CC[C@H]2[C@@H]3[C@@H](O)[C@@H](O)[C@@H]4C[C@H](O)CC[C@]4(C)[C@H]3CC[C@]12C)C(=O)O. The number of hydrogen-bond donors (Lipinski definition) is 5. The molecule has 7 heteroatoms. The van der Waals surface area contributed by atoms with Crippen LogP contribution in [0.5, 0.6) is 0 Å². The van der Waals surface area contributed by atoms with Crippen molar-refractivity contribution in [3.8, 4) is 0 Å². The van der Waals surface area contributed by atoms with Gasteiger partial charge < -0.3 is 25.7 Å². The number of amides is 1. The number of aliphatic hydroxyl groups is 3. The van der Waals surface area contributed by atoms with Gasteiger partial charge in [0.15, 0.2) is 0 Å². The minimum absolute atomic E-state index is 0.0352. The zero-order valence-corrected chi connectivity index (χ0v) is 21.2. The lowest BCUT2D eigenvalue weighted by atomic mass is 9.43. The lowest BCUT2D eigenvalue weighted by Gasteiger charge is -2.63. The lowest BCUT2D eigenvalue weighted by molar-refractivity contribution is -0.223. The number of aliphatic hydroxyl groups excluding tert-OH is 3. The summed E-state index contributed by atoms with van der Waals surface area (Å²) in [7, 11) is 0. The van der Waals surface area contributed by atoms with Gasteiger partial charge in [0.2, 0.25) is 5.91 Å². The third-order valence-corrected chi connectivity index (χ3v) is 11.1. The number of fused-ring (bicyclic) bond motifs is 5. The molecule has 4 aliphatic carbocycles. The van der Waals surface area contributed by atoms with Crippen LogP contribution in [0.2, 0.25) is 0 Å². The van der Waals surface area contributed by atoms with Crippen molar-refractivity contribution in [1.82, 2.24) is 5.32 Å². The van der Waals surface area contributed by atoms with E-state index in [0.29, 0.717) is 36.5 Å². The maximum atomic E-state index is 12.2. The molecule has 1 amide bonds. The van der Waals surface area contributed by atoms with Gasteiger partial charge >= 0.3 is 5.97 Å². The normalized spacial score (nSPS) is 47.6. The van der Waals surface area contributed by atoms with Crippen molar-refractivity contribution < 1.29 is 30.0 Å². The molecule has 4 aliphatic rings. The molecule has 194 valence electrons. The minimum atomic E-state index is -1.03. The van der Waals surface area contributed by atoms with Crippen LogP contribution in [-0.2, 0) is 9.59 Å². The van der Waals surface area contributed by atoms with Gasteiger partial charge in [-0.2, -0.15) is 0 Å². The first kappa shape index (κ1) is 25.9. The maximum Gasteiger partial charge on any atom is 0.325 e. The molecular formula is C27H45NO6. The zero-order chi connectivity index (χ0) is 25.0. The first-order valence-corrected chi connectivity index (χ1v) is 13.5. The van der Waals surface area contributed by atoms with Crippen molar-refractivity contribution in [1.29, 1.82) is 0 Å². The molecule has 0 saturated heterocycles. The van der Waals surface area contributed by atoms with E-state index in [4.69, 9.17) is 5.11 Å². The number of carbonyl (C=O) groups excluding carboxylic acids is 1. The fourth-order valence-corrected chi connectivity index (χ4v) is 9.15. The summed E-state index contributed by atoms with van der Waals surface area (Å²) >= 11 is 0. The summed E-state index contributed by atoms with van der Waals surface area (Å²) in [5.74, 6) is 0.312. The molecule has 12 atom stereocenters. The Bertz CT molecular complexity index is 789. The average molecular weight is 480 g/mol. The highest BCUT2D eigenvalue weighted by atomic mass is 16.4. The van der Waals surface area contributed by atoms with Gasteiger partial charge in [0.1, 0.15) is 6.04 Å². The van der Waals surface area contributed by atoms with Gasteiger partial charge in [-0.25, -0.2) is 0 Å². The predicted octanol–water partition coefficient (Wildman–Crippen LogP) is 2.95. The second-order valence-electron chi connectivity index (χ2n) is 12.7. The van der Waals surface area contributed by atoms with Crippen LogP contribution in [0.3, 0.4) is 0 Å². The Kier molecular flexibility index (Phi) is 7.13. The summed E-state index contributed by atoms with van der Waals surface area (Å²) in [4.78, 5) is 23.3. The summed E-state index contributed by atoms with van der Waals surface area (Å²) < 4.78 is 0. The van der Waals surface area contributed by atoms with E-state index >= 15 is 0 Å². The molecule has 0 unspecified atom stereocenters. The van der Waals surface area contributed by atoms with Crippen molar-refractivity contribution in [3.05, 3.63) is 0 Å². The Balaban J connectivity index is 1.46. The van der Waals surface area contributed by atoms with Gasteiger partial charge in [0.25, 0.3) is 0 Å². The molecule has 0 heterocycles. The van der Waals surface area contributed by atoms with E-state index in [1.165, 1.54) is 6.92 Å². The Morgan fingerprint density at radius 2 is 1.56 bits per heavy atom. The van der Waals surface area contributed by atoms with Crippen LogP contribution in [0.1, 0.15) is 85.5 Å². The van der Waals surface area contributed by atoms with Crippen molar-refractivity contribution in [3.63, 3.8) is 0 Å². The van der Waals surface area contributed by atoms with Crippen molar-refractivity contribution >= 4 is 11.9 Å². The van der Waals surface area contributed by atoms with Crippen LogP contribution in [-0.4, -0.2) is 56.7 Å². The number of carbonyl (C=O) groups is 2. The molecule has 4 fully saturated rings. The van der Waals surface area contributed by atoms with Gasteiger partial charge in [0, 0.05) is 6.42 Å². The molecular weight excluding hydrogens is 434 g/mol. The monoisotopic (exact) mass is 479 g/mol. The molecule has 0 spiro atoms. The molecule has 7 nitrogen and oxygen atoms in total. The highest BCUT2D eigenvalue weighted by Crippen LogP contribution is 2.68. The average Bonchev–Trinajstić information content (AvgIpc) is 3.13. The molecule has 0 aromatic carbocycles. The topological polar surface area (TPSA) is 127 Å². The number of carboxylic acid groups (broad SMARTS) is 1. The smallest absolute Gasteiger partial charge is 0.325 e. The van der Waals surface area contributed by atoms with Crippen LogP contribution < -0.4 is 5.32 Å². The number of hydrogen-bond acceptors (Lipinski definition) is 5. The molecule has 0 aromatic heterocycles. The van der Waals surface area contributed by atoms with E-state index in [0.717, 1.165) is 44.9 Å². The van der Waals surface area contributed by atoms with Crippen LogP contribution in [0, 0.1) is 46.3 Å². The van der Waals surface area contributed by atoms with Gasteiger partial charge in [-0.15, -0.1) is 0 Å². The summed E-state index contributed by atoms with van der Waals surface area (Å²) in [6, 6.07) is -0.878. The Morgan fingerprint density at radius 1 is 0.912 bits per heavy atom. The number of rotatable bonds is 6. The number of carboxylic acids is 1. The quantitative estimate of drug-likeness (QED) is 0.399. The third kappa shape index (κ3) is 4.20. The van der Waals surface area contributed by atoms with E-state index in [1.54, 1.807) is 0 Å². The van der Waals surface area contributed by atoms with E-state index in [1.807, 2.05) is 0 Å². The van der Waals surface area contributed by atoms with Crippen LogP contribution in [0.15, 0.2) is 0 Å². The summed E-state index contributed by atoms with van der Waals surface area (Å²) in [6.45, 7) is 8.36. The van der Waals surface area contributed by atoms with E-state index in [-0.39, 0.29) is 34.7 Å². The van der Waals surface area contributed by atoms with Crippen molar-refractivity contribution in [2.45, 2.75) is 110 Å². The highest BCUT2D eigenvalue weighted by Gasteiger charge is 2.65. The number of aliphatic carboxylic acids is 1. The molecule has 0 aromatic rings. The van der Waals surface area contributed by atoms with Crippen LogP contribution in [0.4, 0.5) is 0 Å². The molecule has 34 heavy (non-hydrogen) atoms. The highest BCUT2D eigenvalue weighted by molar-refractivity contribution is 5.83. The minimum Gasteiger partial charge on any atom is -0.480 e. The standard InChI is InChI=1S/C27H45NO6/c1-14(5-8-21(30)28-15(2)25(33)34)17-6-7-18-22-19(10-12-26(17,18)3)27(4)11-9-16(29)13-20(27)23(31)24(22)32/h14-20,22-24,29,31-32H,5-13H2,1-4H3,(H,28,30)(H,33,34)/t14-,15+,16-,17-,18+,19+,20+,22+,23+,24-,26-,27-/m1/s1.